The van der Waals surface area contributed by atoms with Crippen LogP contribution in [0.15, 0.2) is 0 Å². The van der Waals surface area contributed by atoms with Crippen LogP contribution in [0.4, 0.5) is 0 Å². The molecule has 1 saturated carbocycles. The van der Waals surface area contributed by atoms with Gasteiger partial charge in [0.25, 0.3) is 0 Å². The van der Waals surface area contributed by atoms with Crippen LogP contribution in [-0.2, 0) is 4.74 Å². The van der Waals surface area contributed by atoms with Gasteiger partial charge in [-0.25, -0.2) is 0 Å². The lowest BCUT2D eigenvalue weighted by atomic mass is 9.79. The zero-order valence-electron chi connectivity index (χ0n) is 13.9. The normalized spacial score (nSPS) is 38.5. The molecule has 0 aromatic rings. The molecule has 2 rings (SSSR count). The molecule has 1 N–H and O–H groups in total. The lowest BCUT2D eigenvalue weighted by Crippen LogP contribution is -2.56. The van der Waals surface area contributed by atoms with E-state index in [1.165, 1.54) is 38.5 Å². The van der Waals surface area contributed by atoms with E-state index in [9.17, 15) is 0 Å². The summed E-state index contributed by atoms with van der Waals surface area (Å²) in [6.07, 6.45) is 8.45. The molecule has 0 spiro atoms. The smallest absolute Gasteiger partial charge is 0.0703 e. The molecule has 118 valence electrons. The largest absolute Gasteiger partial charge is 0.377 e. The number of hydrogen-bond acceptors (Lipinski definition) is 3. The standard InChI is InChI=1S/C17H34N2O/c1-5-7-14-8-9-15(18-6-2)17(12-14)19(4)16-10-11-20-13(16)3/h13-18H,5-12H2,1-4H3. The molecule has 1 aliphatic heterocycles. The average Bonchev–Trinajstić information content (AvgIpc) is 2.86. The SMILES string of the molecule is CCCC1CCC(NCC)C(N(C)C2CCOC2C)C1. The number of rotatable bonds is 6. The average molecular weight is 282 g/mol. The van der Waals surface area contributed by atoms with E-state index in [0.717, 1.165) is 19.1 Å². The van der Waals surface area contributed by atoms with E-state index in [2.05, 4.69) is 38.0 Å². The van der Waals surface area contributed by atoms with Crippen molar-refractivity contribution in [2.24, 2.45) is 5.92 Å². The maximum absolute atomic E-state index is 5.78. The van der Waals surface area contributed by atoms with Gasteiger partial charge in [0.05, 0.1) is 6.10 Å². The number of nitrogens with one attached hydrogen (secondary N) is 1. The Balaban J connectivity index is 2.01. The lowest BCUT2D eigenvalue weighted by molar-refractivity contribution is 0.0376. The van der Waals surface area contributed by atoms with Gasteiger partial charge in [0.1, 0.15) is 0 Å². The van der Waals surface area contributed by atoms with Crippen LogP contribution >= 0.6 is 0 Å². The number of hydrogen-bond donors (Lipinski definition) is 1. The topological polar surface area (TPSA) is 24.5 Å². The van der Waals surface area contributed by atoms with Gasteiger partial charge in [-0.15, -0.1) is 0 Å². The molecule has 0 amide bonds. The van der Waals surface area contributed by atoms with Crippen LogP contribution in [0.5, 0.6) is 0 Å². The van der Waals surface area contributed by atoms with Crippen LogP contribution in [-0.4, -0.2) is 49.3 Å². The zero-order chi connectivity index (χ0) is 14.5. The first kappa shape index (κ1) is 16.3. The summed E-state index contributed by atoms with van der Waals surface area (Å²) in [5.41, 5.74) is 0. The highest BCUT2D eigenvalue weighted by molar-refractivity contribution is 4.94. The van der Waals surface area contributed by atoms with Crippen molar-refractivity contribution in [2.75, 3.05) is 20.2 Å². The van der Waals surface area contributed by atoms with Gasteiger partial charge in [-0.2, -0.15) is 0 Å². The lowest BCUT2D eigenvalue weighted by Gasteiger charge is -2.44. The minimum atomic E-state index is 0.397. The molecule has 20 heavy (non-hydrogen) atoms. The highest BCUT2D eigenvalue weighted by atomic mass is 16.5. The van der Waals surface area contributed by atoms with Crippen molar-refractivity contribution in [2.45, 2.75) is 83.5 Å². The third kappa shape index (κ3) is 3.75. The van der Waals surface area contributed by atoms with Crippen molar-refractivity contribution in [3.8, 4) is 0 Å². The second kappa shape index (κ2) is 7.77. The highest BCUT2D eigenvalue weighted by Gasteiger charge is 2.38. The molecule has 3 nitrogen and oxygen atoms in total. The molecule has 1 saturated heterocycles. The summed E-state index contributed by atoms with van der Waals surface area (Å²) in [5.74, 6) is 0.931. The number of likely N-dealkylation sites (N-methyl/N-ethyl adjacent to an activating group) is 2. The van der Waals surface area contributed by atoms with E-state index in [0.29, 0.717) is 24.2 Å². The van der Waals surface area contributed by atoms with E-state index in [4.69, 9.17) is 4.74 Å². The fraction of sp³-hybridized carbons (Fsp3) is 1.00. The predicted octanol–water partition coefficient (Wildman–Crippen LogP) is 3.04. The van der Waals surface area contributed by atoms with Crippen molar-refractivity contribution in [3.05, 3.63) is 0 Å². The van der Waals surface area contributed by atoms with E-state index in [1.807, 2.05) is 0 Å². The summed E-state index contributed by atoms with van der Waals surface area (Å²) in [5, 5.41) is 3.73. The Kier molecular flexibility index (Phi) is 6.31. The van der Waals surface area contributed by atoms with E-state index in [1.54, 1.807) is 0 Å². The number of ether oxygens (including phenoxy) is 1. The quantitative estimate of drug-likeness (QED) is 0.810. The summed E-state index contributed by atoms with van der Waals surface area (Å²) in [7, 11) is 2.33. The first-order valence-electron chi connectivity index (χ1n) is 8.74. The van der Waals surface area contributed by atoms with Crippen LogP contribution < -0.4 is 5.32 Å². The molecule has 1 heterocycles. The summed E-state index contributed by atoms with van der Waals surface area (Å²) >= 11 is 0. The van der Waals surface area contributed by atoms with E-state index >= 15 is 0 Å². The minimum Gasteiger partial charge on any atom is -0.377 e. The van der Waals surface area contributed by atoms with Gasteiger partial charge in [-0.1, -0.05) is 26.7 Å². The Hall–Kier alpha value is -0.120. The second-order valence-corrected chi connectivity index (χ2v) is 6.80. The summed E-state index contributed by atoms with van der Waals surface area (Å²) in [6, 6.07) is 1.97. The van der Waals surface area contributed by atoms with Crippen molar-refractivity contribution in [3.63, 3.8) is 0 Å². The van der Waals surface area contributed by atoms with E-state index in [-0.39, 0.29) is 0 Å². The van der Waals surface area contributed by atoms with Gasteiger partial charge < -0.3 is 10.1 Å². The monoisotopic (exact) mass is 282 g/mol. The minimum absolute atomic E-state index is 0.397. The summed E-state index contributed by atoms with van der Waals surface area (Å²) in [4.78, 5) is 2.65. The van der Waals surface area contributed by atoms with Crippen LogP contribution in [0.3, 0.4) is 0 Å². The Morgan fingerprint density at radius 1 is 1.15 bits per heavy atom. The fourth-order valence-corrected chi connectivity index (χ4v) is 4.35. The van der Waals surface area contributed by atoms with Crippen molar-refractivity contribution in [1.82, 2.24) is 10.2 Å². The van der Waals surface area contributed by atoms with Crippen molar-refractivity contribution >= 4 is 0 Å². The van der Waals surface area contributed by atoms with Gasteiger partial charge in [0, 0.05) is 24.7 Å². The van der Waals surface area contributed by atoms with Gasteiger partial charge >= 0.3 is 0 Å². The Morgan fingerprint density at radius 2 is 1.95 bits per heavy atom. The van der Waals surface area contributed by atoms with Crippen molar-refractivity contribution < 1.29 is 4.74 Å². The Labute approximate surface area is 125 Å². The third-order valence-corrected chi connectivity index (χ3v) is 5.47. The molecule has 2 fully saturated rings. The molecule has 0 bridgehead atoms. The third-order valence-electron chi connectivity index (χ3n) is 5.47. The van der Waals surface area contributed by atoms with Gasteiger partial charge in [0.15, 0.2) is 0 Å². The maximum atomic E-state index is 5.78. The van der Waals surface area contributed by atoms with Crippen LogP contribution in [0.1, 0.15) is 59.3 Å². The molecule has 0 radical (unpaired) electrons. The second-order valence-electron chi connectivity index (χ2n) is 6.80. The Morgan fingerprint density at radius 3 is 2.55 bits per heavy atom. The molecular formula is C17H34N2O. The summed E-state index contributed by atoms with van der Waals surface area (Å²) in [6.45, 7) is 8.82. The van der Waals surface area contributed by atoms with Crippen LogP contribution in [0.25, 0.3) is 0 Å². The Bertz CT molecular complexity index is 284. The van der Waals surface area contributed by atoms with Crippen LogP contribution in [0.2, 0.25) is 0 Å². The maximum Gasteiger partial charge on any atom is 0.0703 e. The fourth-order valence-electron chi connectivity index (χ4n) is 4.35. The molecule has 5 atom stereocenters. The summed E-state index contributed by atoms with van der Waals surface area (Å²) < 4.78 is 5.78. The first-order valence-corrected chi connectivity index (χ1v) is 8.74. The highest BCUT2D eigenvalue weighted by Crippen LogP contribution is 2.33. The van der Waals surface area contributed by atoms with Gasteiger partial charge in [-0.05, 0) is 52.1 Å². The molecular weight excluding hydrogens is 248 g/mol. The molecule has 1 aliphatic carbocycles. The van der Waals surface area contributed by atoms with Gasteiger partial charge in [0.2, 0.25) is 0 Å². The van der Waals surface area contributed by atoms with Crippen LogP contribution in [0, 0.1) is 5.92 Å². The number of nitrogens with zero attached hydrogens (tertiary/aromatic N) is 1. The first-order chi connectivity index (χ1) is 9.67. The van der Waals surface area contributed by atoms with Gasteiger partial charge in [-0.3, -0.25) is 4.90 Å². The molecule has 0 aromatic heterocycles. The molecule has 5 unspecified atom stereocenters. The molecule has 2 aliphatic rings. The zero-order valence-corrected chi connectivity index (χ0v) is 13.9. The van der Waals surface area contributed by atoms with E-state index < -0.39 is 0 Å². The molecule has 0 aromatic carbocycles. The predicted molar refractivity (Wildman–Crippen MR) is 85.1 cm³/mol. The van der Waals surface area contributed by atoms with Crippen molar-refractivity contribution in [1.29, 1.82) is 0 Å². The molecule has 3 heteroatoms.